The van der Waals surface area contributed by atoms with Crippen molar-refractivity contribution >= 4 is 12.0 Å². The normalized spacial score (nSPS) is 16.9. The number of likely N-dealkylation sites (tertiary alicyclic amines) is 1. The largest absolute Gasteiger partial charge is 0.497 e. The second-order valence-corrected chi connectivity index (χ2v) is 7.83. The van der Waals surface area contributed by atoms with E-state index in [1.165, 1.54) is 0 Å². The Morgan fingerprint density at radius 2 is 1.90 bits per heavy atom. The molecule has 0 aliphatic carbocycles. The molecule has 1 fully saturated rings. The molecule has 1 amide bonds. The molecule has 0 spiro atoms. The summed E-state index contributed by atoms with van der Waals surface area (Å²) in [5, 5.41) is 8.36. The van der Waals surface area contributed by atoms with E-state index in [9.17, 15) is 4.79 Å². The minimum Gasteiger partial charge on any atom is -0.497 e. The molecule has 0 saturated carbocycles. The average Bonchev–Trinajstić information content (AvgIpc) is 3.11. The predicted octanol–water partition coefficient (Wildman–Crippen LogP) is 4.49. The van der Waals surface area contributed by atoms with Crippen molar-refractivity contribution in [1.29, 1.82) is 0 Å². The zero-order valence-electron chi connectivity index (χ0n) is 17.9. The third kappa shape index (κ3) is 5.40. The molecule has 1 unspecified atom stereocenters. The molecule has 6 heteroatoms. The first kappa shape index (κ1) is 20.8. The van der Waals surface area contributed by atoms with Crippen molar-refractivity contribution in [3.63, 3.8) is 0 Å². The van der Waals surface area contributed by atoms with Gasteiger partial charge in [0.2, 0.25) is 5.91 Å². The maximum Gasteiger partial charge on any atom is 0.247 e. The zero-order valence-corrected chi connectivity index (χ0v) is 17.9. The third-order valence-corrected chi connectivity index (χ3v) is 5.68. The van der Waals surface area contributed by atoms with Crippen molar-refractivity contribution in [3.05, 3.63) is 83.7 Å². The van der Waals surface area contributed by atoms with Crippen LogP contribution in [0.2, 0.25) is 0 Å². The van der Waals surface area contributed by atoms with Crippen LogP contribution in [0.1, 0.15) is 48.5 Å². The third-order valence-electron chi connectivity index (χ3n) is 5.68. The highest BCUT2D eigenvalue weighted by Crippen LogP contribution is 2.31. The van der Waals surface area contributed by atoms with Gasteiger partial charge in [-0.2, -0.15) is 0 Å². The quantitative estimate of drug-likeness (QED) is 0.556. The summed E-state index contributed by atoms with van der Waals surface area (Å²) in [4.78, 5) is 15.1. The number of carbonyl (C=O) groups is 1. The molecule has 4 rings (SSSR count). The van der Waals surface area contributed by atoms with Crippen LogP contribution in [0.3, 0.4) is 0 Å². The van der Waals surface area contributed by atoms with E-state index in [1.807, 2.05) is 41.4 Å². The minimum atomic E-state index is 0.0142. The van der Waals surface area contributed by atoms with E-state index < -0.39 is 0 Å². The summed E-state index contributed by atoms with van der Waals surface area (Å²) in [6.45, 7) is 1.42. The molecule has 0 bridgehead atoms. The van der Waals surface area contributed by atoms with E-state index in [1.54, 1.807) is 23.9 Å². The fourth-order valence-electron chi connectivity index (χ4n) is 4.03. The molecule has 1 aromatic heterocycles. The van der Waals surface area contributed by atoms with E-state index in [2.05, 4.69) is 34.6 Å². The summed E-state index contributed by atoms with van der Waals surface area (Å²) in [6.07, 6.45) is 9.51. The summed E-state index contributed by atoms with van der Waals surface area (Å²) in [5.74, 6) is 0.842. The van der Waals surface area contributed by atoms with Gasteiger partial charge in [0.05, 0.1) is 25.9 Å². The Hall–Kier alpha value is -3.41. The number of methoxy groups -OCH3 is 1. The summed E-state index contributed by atoms with van der Waals surface area (Å²) < 4.78 is 7.06. The Morgan fingerprint density at radius 1 is 1.10 bits per heavy atom. The number of rotatable bonds is 6. The number of nitrogens with zero attached hydrogens (tertiary/aromatic N) is 4. The van der Waals surface area contributed by atoms with Crippen molar-refractivity contribution in [3.8, 4) is 5.75 Å². The van der Waals surface area contributed by atoms with Gasteiger partial charge in [-0.1, -0.05) is 60.5 Å². The van der Waals surface area contributed by atoms with Gasteiger partial charge in [-0.25, -0.2) is 4.68 Å². The van der Waals surface area contributed by atoms with Crippen molar-refractivity contribution in [2.24, 2.45) is 0 Å². The first-order chi connectivity index (χ1) is 15.2. The summed E-state index contributed by atoms with van der Waals surface area (Å²) >= 11 is 0. The van der Waals surface area contributed by atoms with Gasteiger partial charge >= 0.3 is 0 Å². The van der Waals surface area contributed by atoms with Crippen LogP contribution in [0, 0.1) is 0 Å². The van der Waals surface area contributed by atoms with E-state index in [0.29, 0.717) is 12.2 Å². The molecule has 160 valence electrons. The highest BCUT2D eigenvalue weighted by Gasteiger charge is 2.25. The van der Waals surface area contributed by atoms with E-state index in [0.717, 1.165) is 49.1 Å². The lowest BCUT2D eigenvalue weighted by molar-refractivity contribution is -0.128. The molecule has 0 N–H and O–H groups in total. The predicted molar refractivity (Wildman–Crippen MR) is 121 cm³/mol. The molecular weight excluding hydrogens is 388 g/mol. The first-order valence-electron chi connectivity index (χ1n) is 10.8. The molecule has 2 aromatic carbocycles. The van der Waals surface area contributed by atoms with Gasteiger partial charge < -0.3 is 9.64 Å². The molecule has 2 heterocycles. The summed E-state index contributed by atoms with van der Waals surface area (Å²) in [5.41, 5.74) is 2.99. The molecule has 1 aliphatic rings. The topological polar surface area (TPSA) is 60.2 Å². The lowest BCUT2D eigenvalue weighted by Gasteiger charge is -2.29. The second kappa shape index (κ2) is 10.1. The fourth-order valence-corrected chi connectivity index (χ4v) is 4.03. The van der Waals surface area contributed by atoms with Crippen molar-refractivity contribution < 1.29 is 9.53 Å². The van der Waals surface area contributed by atoms with Gasteiger partial charge in [0.15, 0.2) is 0 Å². The molecule has 31 heavy (non-hydrogen) atoms. The Kier molecular flexibility index (Phi) is 6.77. The van der Waals surface area contributed by atoms with Crippen molar-refractivity contribution in [2.45, 2.75) is 38.3 Å². The van der Waals surface area contributed by atoms with Crippen molar-refractivity contribution in [2.75, 3.05) is 13.7 Å². The first-order valence-corrected chi connectivity index (χ1v) is 10.8. The molecule has 1 atom stereocenters. The van der Waals surface area contributed by atoms with Gasteiger partial charge in [0, 0.05) is 12.6 Å². The number of ether oxygens (including phenoxy) is 1. The maximum atomic E-state index is 13.1. The lowest BCUT2D eigenvalue weighted by Crippen LogP contribution is -2.33. The monoisotopic (exact) mass is 416 g/mol. The van der Waals surface area contributed by atoms with Gasteiger partial charge in [-0.15, -0.1) is 5.10 Å². The Bertz CT molecular complexity index is 1010. The van der Waals surface area contributed by atoms with Gasteiger partial charge in [-0.3, -0.25) is 4.79 Å². The van der Waals surface area contributed by atoms with E-state index in [4.69, 9.17) is 4.74 Å². The molecular formula is C25H28N4O2. The average molecular weight is 417 g/mol. The van der Waals surface area contributed by atoms with Crippen LogP contribution in [0.15, 0.2) is 66.9 Å². The van der Waals surface area contributed by atoms with Crippen LogP contribution < -0.4 is 4.74 Å². The van der Waals surface area contributed by atoms with Crippen LogP contribution >= 0.6 is 0 Å². The lowest BCUT2D eigenvalue weighted by atomic mass is 10.0. The molecule has 6 nitrogen and oxygen atoms in total. The van der Waals surface area contributed by atoms with Crippen molar-refractivity contribution in [1.82, 2.24) is 19.9 Å². The van der Waals surface area contributed by atoms with Crippen LogP contribution in [0.5, 0.6) is 5.75 Å². The summed E-state index contributed by atoms with van der Waals surface area (Å²) in [7, 11) is 1.66. The Morgan fingerprint density at radius 3 is 2.68 bits per heavy atom. The molecule has 0 radical (unpaired) electrons. The van der Waals surface area contributed by atoms with Crippen LogP contribution in [0.4, 0.5) is 0 Å². The fraction of sp³-hybridized carbons (Fsp3) is 0.320. The van der Waals surface area contributed by atoms with Crippen LogP contribution in [-0.2, 0) is 11.3 Å². The SMILES string of the molecule is COc1ccc(C2CCCCCN2C(=O)C=Cc2cn(Cc3ccccc3)nn2)cc1. The summed E-state index contributed by atoms with van der Waals surface area (Å²) in [6, 6.07) is 18.2. The number of benzene rings is 2. The number of hydrogen-bond donors (Lipinski definition) is 0. The maximum absolute atomic E-state index is 13.1. The minimum absolute atomic E-state index is 0.0142. The molecule has 3 aromatic rings. The van der Waals surface area contributed by atoms with E-state index >= 15 is 0 Å². The standard InChI is InChI=1S/C25H28N4O2/c1-31-23-14-11-21(12-15-23)24-10-6-3-7-17-29(24)25(30)16-13-22-19-28(27-26-22)18-20-8-4-2-5-9-20/h2,4-5,8-9,11-16,19,24H,3,6-7,10,17-18H2,1H3. The highest BCUT2D eigenvalue weighted by atomic mass is 16.5. The number of aromatic nitrogens is 3. The van der Waals surface area contributed by atoms with Gasteiger partial charge in [0.1, 0.15) is 11.4 Å². The van der Waals surface area contributed by atoms with E-state index in [-0.39, 0.29) is 11.9 Å². The number of hydrogen-bond acceptors (Lipinski definition) is 4. The smallest absolute Gasteiger partial charge is 0.247 e. The van der Waals surface area contributed by atoms with Gasteiger partial charge in [0.25, 0.3) is 0 Å². The molecule has 1 saturated heterocycles. The second-order valence-electron chi connectivity index (χ2n) is 7.83. The zero-order chi connectivity index (χ0) is 21.5. The number of carbonyl (C=O) groups excluding carboxylic acids is 1. The number of amides is 1. The van der Waals surface area contributed by atoms with Crippen LogP contribution in [-0.4, -0.2) is 39.5 Å². The van der Waals surface area contributed by atoms with Crippen LogP contribution in [0.25, 0.3) is 6.08 Å². The highest BCUT2D eigenvalue weighted by molar-refractivity contribution is 5.91. The van der Waals surface area contributed by atoms with Gasteiger partial charge in [-0.05, 0) is 42.2 Å². The molecule has 1 aliphatic heterocycles. The Labute approximate surface area is 183 Å². The Balaban J connectivity index is 1.45.